The van der Waals surface area contributed by atoms with Gasteiger partial charge in [0.1, 0.15) is 0 Å². The Morgan fingerprint density at radius 3 is 3.00 bits per heavy atom. The molecule has 4 heteroatoms. The number of carbonyl (C=O) groups excluding carboxylic acids is 1. The molecule has 1 aromatic heterocycles. The zero-order chi connectivity index (χ0) is 10.7. The van der Waals surface area contributed by atoms with Crippen molar-refractivity contribution in [2.75, 3.05) is 5.32 Å². The summed E-state index contributed by atoms with van der Waals surface area (Å²) in [5.41, 5.74) is 0.773. The highest BCUT2D eigenvalue weighted by Crippen LogP contribution is 2.33. The normalized spacial score (nSPS) is 19.0. The van der Waals surface area contributed by atoms with Crippen LogP contribution in [0.4, 0.5) is 5.69 Å². The zero-order valence-electron chi connectivity index (χ0n) is 9.02. The highest BCUT2D eigenvalue weighted by molar-refractivity contribution is 5.69. The standard InChI is InChI=1S/C11H17N3O/c1-9(10-4-2-3-5-10)14-7-11(6-13-14)12-8-15/h6-10H,2-5H2,1H3,(H,12,15). The predicted molar refractivity (Wildman–Crippen MR) is 58.6 cm³/mol. The van der Waals surface area contributed by atoms with Gasteiger partial charge in [0.2, 0.25) is 6.41 Å². The van der Waals surface area contributed by atoms with Gasteiger partial charge in [-0.05, 0) is 25.7 Å². The van der Waals surface area contributed by atoms with Crippen LogP contribution in [0.15, 0.2) is 12.4 Å². The van der Waals surface area contributed by atoms with E-state index in [1.807, 2.05) is 10.9 Å². The number of nitrogens with zero attached hydrogens (tertiary/aromatic N) is 2. The van der Waals surface area contributed by atoms with Crippen LogP contribution in [0.2, 0.25) is 0 Å². The molecule has 1 aliphatic rings. The molecular weight excluding hydrogens is 190 g/mol. The average molecular weight is 207 g/mol. The first kappa shape index (κ1) is 10.2. The number of carbonyl (C=O) groups is 1. The maximum Gasteiger partial charge on any atom is 0.211 e. The van der Waals surface area contributed by atoms with Gasteiger partial charge in [0.15, 0.2) is 0 Å². The molecule has 0 radical (unpaired) electrons. The van der Waals surface area contributed by atoms with Gasteiger partial charge in [-0.2, -0.15) is 5.10 Å². The van der Waals surface area contributed by atoms with E-state index in [4.69, 9.17) is 0 Å². The van der Waals surface area contributed by atoms with E-state index in [9.17, 15) is 4.79 Å². The number of rotatable bonds is 4. The summed E-state index contributed by atoms with van der Waals surface area (Å²) in [6.07, 6.45) is 9.57. The molecule has 0 spiro atoms. The summed E-state index contributed by atoms with van der Waals surface area (Å²) in [4.78, 5) is 10.3. The van der Waals surface area contributed by atoms with Crippen LogP contribution in [-0.4, -0.2) is 16.2 Å². The first-order valence-electron chi connectivity index (χ1n) is 5.55. The Bertz CT molecular complexity index is 328. The van der Waals surface area contributed by atoms with Crippen molar-refractivity contribution in [3.05, 3.63) is 12.4 Å². The lowest BCUT2D eigenvalue weighted by Crippen LogP contribution is -2.14. The number of hydrogen-bond donors (Lipinski definition) is 1. The van der Waals surface area contributed by atoms with E-state index in [0.29, 0.717) is 12.5 Å². The first-order chi connectivity index (χ1) is 7.31. The SMILES string of the molecule is CC(C1CCCC1)n1cc(NC=O)cn1. The van der Waals surface area contributed by atoms with Crippen molar-refractivity contribution in [3.63, 3.8) is 0 Å². The highest BCUT2D eigenvalue weighted by atomic mass is 16.1. The molecule has 1 atom stereocenters. The van der Waals surface area contributed by atoms with E-state index in [0.717, 1.165) is 11.6 Å². The second-order valence-electron chi connectivity index (χ2n) is 4.26. The second-order valence-corrected chi connectivity index (χ2v) is 4.26. The van der Waals surface area contributed by atoms with Gasteiger partial charge in [0, 0.05) is 6.20 Å². The molecule has 1 amide bonds. The van der Waals surface area contributed by atoms with Crippen LogP contribution in [0.5, 0.6) is 0 Å². The molecule has 82 valence electrons. The Balaban J connectivity index is 2.03. The van der Waals surface area contributed by atoms with Crippen LogP contribution in [0.1, 0.15) is 38.6 Å². The lowest BCUT2D eigenvalue weighted by atomic mass is 10.0. The molecule has 0 bridgehead atoms. The van der Waals surface area contributed by atoms with Crippen molar-refractivity contribution in [2.24, 2.45) is 5.92 Å². The molecule has 1 aromatic rings. The van der Waals surface area contributed by atoms with E-state index >= 15 is 0 Å². The summed E-state index contributed by atoms with van der Waals surface area (Å²) in [6.45, 7) is 2.20. The molecule has 1 N–H and O–H groups in total. The molecule has 1 unspecified atom stereocenters. The molecule has 0 saturated heterocycles. The maximum absolute atomic E-state index is 10.3. The molecule has 4 nitrogen and oxygen atoms in total. The van der Waals surface area contributed by atoms with Gasteiger partial charge in [0.25, 0.3) is 0 Å². The summed E-state index contributed by atoms with van der Waals surface area (Å²) in [5, 5.41) is 6.88. The van der Waals surface area contributed by atoms with Gasteiger partial charge in [0.05, 0.1) is 17.9 Å². The summed E-state index contributed by atoms with van der Waals surface area (Å²) in [7, 11) is 0. The summed E-state index contributed by atoms with van der Waals surface area (Å²) >= 11 is 0. The van der Waals surface area contributed by atoms with Gasteiger partial charge >= 0.3 is 0 Å². The van der Waals surface area contributed by atoms with Gasteiger partial charge < -0.3 is 5.32 Å². The average Bonchev–Trinajstić information content (AvgIpc) is 2.87. The molecule has 1 heterocycles. The van der Waals surface area contributed by atoms with E-state index in [1.165, 1.54) is 25.7 Å². The molecule has 0 aliphatic heterocycles. The van der Waals surface area contributed by atoms with E-state index in [-0.39, 0.29) is 0 Å². The minimum atomic E-state index is 0.440. The van der Waals surface area contributed by atoms with Crippen molar-refractivity contribution < 1.29 is 4.79 Å². The molecule has 15 heavy (non-hydrogen) atoms. The van der Waals surface area contributed by atoms with Crippen molar-refractivity contribution in [2.45, 2.75) is 38.6 Å². The number of anilines is 1. The van der Waals surface area contributed by atoms with Gasteiger partial charge in [-0.15, -0.1) is 0 Å². The lowest BCUT2D eigenvalue weighted by molar-refractivity contribution is -0.105. The quantitative estimate of drug-likeness (QED) is 0.769. The lowest BCUT2D eigenvalue weighted by Gasteiger charge is -2.18. The van der Waals surface area contributed by atoms with Gasteiger partial charge in [-0.3, -0.25) is 9.48 Å². The third-order valence-corrected chi connectivity index (χ3v) is 3.33. The van der Waals surface area contributed by atoms with Crippen molar-refractivity contribution in [1.82, 2.24) is 9.78 Å². The Hall–Kier alpha value is -1.32. The Labute approximate surface area is 89.7 Å². The predicted octanol–water partition coefficient (Wildman–Crippen LogP) is 2.20. The summed E-state index contributed by atoms with van der Waals surface area (Å²) in [5.74, 6) is 0.744. The molecule has 1 aliphatic carbocycles. The van der Waals surface area contributed by atoms with Crippen molar-refractivity contribution >= 4 is 12.1 Å². The van der Waals surface area contributed by atoms with Crippen LogP contribution < -0.4 is 5.32 Å². The molecule has 2 rings (SSSR count). The minimum Gasteiger partial charge on any atom is -0.326 e. The number of aromatic nitrogens is 2. The van der Waals surface area contributed by atoms with E-state index in [2.05, 4.69) is 17.3 Å². The monoisotopic (exact) mass is 207 g/mol. The number of amides is 1. The van der Waals surface area contributed by atoms with E-state index < -0.39 is 0 Å². The third kappa shape index (κ3) is 2.19. The number of nitrogens with one attached hydrogen (secondary N) is 1. The Morgan fingerprint density at radius 2 is 2.33 bits per heavy atom. The fourth-order valence-corrected chi connectivity index (χ4v) is 2.36. The zero-order valence-corrected chi connectivity index (χ0v) is 9.02. The van der Waals surface area contributed by atoms with E-state index in [1.54, 1.807) is 6.20 Å². The Morgan fingerprint density at radius 1 is 1.60 bits per heavy atom. The van der Waals surface area contributed by atoms with Crippen LogP contribution in [0.3, 0.4) is 0 Å². The van der Waals surface area contributed by atoms with Gasteiger partial charge in [-0.1, -0.05) is 12.8 Å². The van der Waals surface area contributed by atoms with Crippen molar-refractivity contribution in [3.8, 4) is 0 Å². The van der Waals surface area contributed by atoms with Crippen LogP contribution in [0.25, 0.3) is 0 Å². The second kappa shape index (κ2) is 4.47. The third-order valence-electron chi connectivity index (χ3n) is 3.33. The topological polar surface area (TPSA) is 46.9 Å². The Kier molecular flexibility index (Phi) is 3.04. The molecule has 1 saturated carbocycles. The largest absolute Gasteiger partial charge is 0.326 e. The number of hydrogen-bond acceptors (Lipinski definition) is 2. The maximum atomic E-state index is 10.3. The van der Waals surface area contributed by atoms with Gasteiger partial charge in [-0.25, -0.2) is 0 Å². The van der Waals surface area contributed by atoms with Crippen molar-refractivity contribution in [1.29, 1.82) is 0 Å². The fraction of sp³-hybridized carbons (Fsp3) is 0.636. The highest BCUT2D eigenvalue weighted by Gasteiger charge is 2.23. The molecular formula is C11H17N3O. The van der Waals surface area contributed by atoms with Crippen LogP contribution in [0, 0.1) is 5.92 Å². The van der Waals surface area contributed by atoms with Crippen LogP contribution in [-0.2, 0) is 4.79 Å². The fourth-order valence-electron chi connectivity index (χ4n) is 2.36. The smallest absolute Gasteiger partial charge is 0.211 e. The first-order valence-corrected chi connectivity index (χ1v) is 5.55. The van der Waals surface area contributed by atoms with Crippen LogP contribution >= 0.6 is 0 Å². The summed E-state index contributed by atoms with van der Waals surface area (Å²) in [6, 6.07) is 0.440. The minimum absolute atomic E-state index is 0.440. The molecule has 0 aromatic carbocycles. The summed E-state index contributed by atoms with van der Waals surface area (Å²) < 4.78 is 1.96. The molecule has 1 fully saturated rings.